The number of hydrogen-bond donors (Lipinski definition) is 1. The molecule has 5 heteroatoms. The number of nitrogens with two attached hydrogens (primary N) is 1. The summed E-state index contributed by atoms with van der Waals surface area (Å²) in [6.07, 6.45) is 5.01. The number of nitrogen functional groups attached to an aromatic ring is 1. The average Bonchev–Trinajstić information content (AvgIpc) is 2.43. The van der Waals surface area contributed by atoms with Gasteiger partial charge in [-0.15, -0.1) is 0 Å². The van der Waals surface area contributed by atoms with Crippen LogP contribution in [0.3, 0.4) is 0 Å². The van der Waals surface area contributed by atoms with Gasteiger partial charge in [-0.3, -0.25) is 4.79 Å². The highest BCUT2D eigenvalue weighted by Gasteiger charge is 2.27. The molecule has 1 aliphatic rings. The Hall–Kier alpha value is -1.65. The molecule has 1 aromatic carbocycles. The third-order valence-corrected chi connectivity index (χ3v) is 3.78. The lowest BCUT2D eigenvalue weighted by Gasteiger charge is -2.31. The minimum atomic E-state index is -0.965. The first-order valence-corrected chi connectivity index (χ1v) is 6.53. The Labute approximate surface area is 111 Å². The van der Waals surface area contributed by atoms with E-state index in [9.17, 15) is 13.6 Å². The predicted molar refractivity (Wildman–Crippen MR) is 69.7 cm³/mol. The van der Waals surface area contributed by atoms with E-state index >= 15 is 0 Å². The molecule has 0 heterocycles. The van der Waals surface area contributed by atoms with Crippen LogP contribution in [-0.4, -0.2) is 23.9 Å². The number of carbonyl (C=O) groups is 1. The predicted octanol–water partition coefficient (Wildman–Crippen LogP) is 2.95. The number of anilines is 1. The Morgan fingerprint density at radius 1 is 1.26 bits per heavy atom. The average molecular weight is 268 g/mol. The summed E-state index contributed by atoms with van der Waals surface area (Å²) in [5.74, 6) is -2.46. The maximum absolute atomic E-state index is 13.8. The fourth-order valence-corrected chi connectivity index (χ4v) is 2.58. The second-order valence-corrected chi connectivity index (χ2v) is 5.03. The van der Waals surface area contributed by atoms with E-state index in [0.717, 1.165) is 44.2 Å². The minimum Gasteiger partial charge on any atom is -0.396 e. The molecule has 1 saturated carbocycles. The van der Waals surface area contributed by atoms with Crippen LogP contribution in [0.1, 0.15) is 42.5 Å². The molecule has 2 rings (SSSR count). The molecule has 0 saturated heterocycles. The highest BCUT2D eigenvalue weighted by atomic mass is 19.1. The lowest BCUT2D eigenvalue weighted by molar-refractivity contribution is 0.0686. The second kappa shape index (κ2) is 5.55. The van der Waals surface area contributed by atoms with Gasteiger partial charge in [-0.25, -0.2) is 8.78 Å². The van der Waals surface area contributed by atoms with E-state index in [0.29, 0.717) is 0 Å². The summed E-state index contributed by atoms with van der Waals surface area (Å²) in [5, 5.41) is 0. The van der Waals surface area contributed by atoms with E-state index in [1.54, 1.807) is 7.05 Å². The standard InChI is InChI=1S/C14H18F2N2O/c1-18(9-5-3-2-4-6-9)14(19)12-10(15)7-8-11(17)13(12)16/h7-9H,2-6,17H2,1H3. The first-order chi connectivity index (χ1) is 9.02. The topological polar surface area (TPSA) is 46.3 Å². The molecule has 1 fully saturated rings. The normalized spacial score (nSPS) is 16.4. The number of hydrogen-bond acceptors (Lipinski definition) is 2. The molecule has 1 amide bonds. The van der Waals surface area contributed by atoms with Gasteiger partial charge in [-0.1, -0.05) is 19.3 Å². The van der Waals surface area contributed by atoms with Gasteiger partial charge >= 0.3 is 0 Å². The van der Waals surface area contributed by atoms with Gasteiger partial charge in [0.05, 0.1) is 5.69 Å². The van der Waals surface area contributed by atoms with Crippen LogP contribution >= 0.6 is 0 Å². The molecule has 0 spiro atoms. The second-order valence-electron chi connectivity index (χ2n) is 5.03. The zero-order chi connectivity index (χ0) is 14.0. The van der Waals surface area contributed by atoms with Crippen molar-refractivity contribution in [1.29, 1.82) is 0 Å². The molecule has 1 aliphatic carbocycles. The zero-order valence-electron chi connectivity index (χ0n) is 11.0. The summed E-state index contributed by atoms with van der Waals surface area (Å²) in [5.41, 5.74) is 4.64. The third-order valence-electron chi connectivity index (χ3n) is 3.78. The minimum absolute atomic E-state index is 0.0569. The molecule has 0 aliphatic heterocycles. The lowest BCUT2D eigenvalue weighted by Crippen LogP contribution is -2.39. The van der Waals surface area contributed by atoms with E-state index in [-0.39, 0.29) is 11.7 Å². The molecule has 0 atom stereocenters. The number of amides is 1. The molecule has 0 bridgehead atoms. The summed E-state index contributed by atoms with van der Waals surface area (Å²) in [7, 11) is 1.60. The van der Waals surface area contributed by atoms with Crippen molar-refractivity contribution < 1.29 is 13.6 Å². The van der Waals surface area contributed by atoms with Crippen molar-refractivity contribution in [2.75, 3.05) is 12.8 Å². The summed E-state index contributed by atoms with van der Waals surface area (Å²) in [4.78, 5) is 13.7. The smallest absolute Gasteiger partial charge is 0.259 e. The number of rotatable bonds is 2. The lowest BCUT2D eigenvalue weighted by atomic mass is 9.94. The Bertz CT molecular complexity index is 485. The summed E-state index contributed by atoms with van der Waals surface area (Å²) in [6.45, 7) is 0. The van der Waals surface area contributed by atoms with Crippen molar-refractivity contribution in [2.24, 2.45) is 0 Å². The molecular weight excluding hydrogens is 250 g/mol. The Kier molecular flexibility index (Phi) is 4.02. The van der Waals surface area contributed by atoms with Gasteiger partial charge < -0.3 is 10.6 Å². The highest BCUT2D eigenvalue weighted by molar-refractivity contribution is 5.95. The molecule has 19 heavy (non-hydrogen) atoms. The van der Waals surface area contributed by atoms with Crippen LogP contribution in [0.25, 0.3) is 0 Å². The largest absolute Gasteiger partial charge is 0.396 e. The number of halogens is 2. The SMILES string of the molecule is CN(C(=O)c1c(F)ccc(N)c1F)C1CCCCC1. The van der Waals surface area contributed by atoms with Crippen LogP contribution < -0.4 is 5.73 Å². The molecule has 104 valence electrons. The van der Waals surface area contributed by atoms with E-state index in [2.05, 4.69) is 0 Å². The summed E-state index contributed by atoms with van der Waals surface area (Å²) >= 11 is 0. The van der Waals surface area contributed by atoms with Gasteiger partial charge in [0, 0.05) is 13.1 Å². The van der Waals surface area contributed by atoms with Crippen LogP contribution in [0, 0.1) is 11.6 Å². The Morgan fingerprint density at radius 3 is 2.53 bits per heavy atom. The van der Waals surface area contributed by atoms with Crippen molar-refractivity contribution >= 4 is 11.6 Å². The Morgan fingerprint density at radius 2 is 1.89 bits per heavy atom. The third kappa shape index (κ3) is 2.69. The van der Waals surface area contributed by atoms with Crippen LogP contribution in [-0.2, 0) is 0 Å². The van der Waals surface area contributed by atoms with E-state index in [4.69, 9.17) is 5.73 Å². The van der Waals surface area contributed by atoms with Crippen LogP contribution in [0.4, 0.5) is 14.5 Å². The van der Waals surface area contributed by atoms with Crippen LogP contribution in [0.2, 0.25) is 0 Å². The van der Waals surface area contributed by atoms with Crippen LogP contribution in [0.5, 0.6) is 0 Å². The van der Waals surface area contributed by atoms with Crippen molar-refractivity contribution in [1.82, 2.24) is 4.90 Å². The molecule has 1 aromatic rings. The van der Waals surface area contributed by atoms with Gasteiger partial charge in [0.2, 0.25) is 0 Å². The van der Waals surface area contributed by atoms with Crippen molar-refractivity contribution in [3.63, 3.8) is 0 Å². The monoisotopic (exact) mass is 268 g/mol. The summed E-state index contributed by atoms with van der Waals surface area (Å²) in [6, 6.07) is 2.21. The number of carbonyl (C=O) groups excluding carboxylic acids is 1. The van der Waals surface area contributed by atoms with E-state index in [1.165, 1.54) is 4.90 Å². The summed E-state index contributed by atoms with van der Waals surface area (Å²) < 4.78 is 27.5. The Balaban J connectivity index is 2.26. The van der Waals surface area contributed by atoms with Crippen molar-refractivity contribution in [3.05, 3.63) is 29.3 Å². The quantitative estimate of drug-likeness (QED) is 0.838. The number of benzene rings is 1. The molecule has 0 aromatic heterocycles. The van der Waals surface area contributed by atoms with Crippen molar-refractivity contribution in [3.8, 4) is 0 Å². The first kappa shape index (κ1) is 13.8. The number of nitrogens with zero attached hydrogens (tertiary/aromatic N) is 1. The van der Waals surface area contributed by atoms with Gasteiger partial charge in [0.15, 0.2) is 5.82 Å². The molecular formula is C14H18F2N2O. The highest BCUT2D eigenvalue weighted by Crippen LogP contribution is 2.25. The molecule has 2 N–H and O–H groups in total. The maximum Gasteiger partial charge on any atom is 0.259 e. The van der Waals surface area contributed by atoms with Gasteiger partial charge in [-0.2, -0.15) is 0 Å². The van der Waals surface area contributed by atoms with Gasteiger partial charge in [0.1, 0.15) is 11.4 Å². The fourth-order valence-electron chi connectivity index (χ4n) is 2.58. The molecule has 0 unspecified atom stereocenters. The first-order valence-electron chi connectivity index (χ1n) is 6.53. The van der Waals surface area contributed by atoms with Gasteiger partial charge in [-0.05, 0) is 25.0 Å². The van der Waals surface area contributed by atoms with E-state index < -0.39 is 23.1 Å². The fraction of sp³-hybridized carbons (Fsp3) is 0.500. The van der Waals surface area contributed by atoms with Gasteiger partial charge in [0.25, 0.3) is 5.91 Å². The van der Waals surface area contributed by atoms with Crippen molar-refractivity contribution in [2.45, 2.75) is 38.1 Å². The van der Waals surface area contributed by atoms with Crippen LogP contribution in [0.15, 0.2) is 12.1 Å². The zero-order valence-corrected chi connectivity index (χ0v) is 11.0. The molecule has 0 radical (unpaired) electrons. The van der Waals surface area contributed by atoms with E-state index in [1.807, 2.05) is 0 Å². The maximum atomic E-state index is 13.8. The molecule has 3 nitrogen and oxygen atoms in total.